The molecule has 0 unspecified atom stereocenters. The van der Waals surface area contributed by atoms with Crippen molar-refractivity contribution in [2.75, 3.05) is 12.8 Å². The number of rotatable bonds is 0. The highest BCUT2D eigenvalue weighted by molar-refractivity contribution is 5.43. The van der Waals surface area contributed by atoms with Gasteiger partial charge in [0.1, 0.15) is 0 Å². The van der Waals surface area contributed by atoms with E-state index in [2.05, 4.69) is 6.07 Å². The van der Waals surface area contributed by atoms with E-state index < -0.39 is 0 Å². The van der Waals surface area contributed by atoms with E-state index in [-0.39, 0.29) is 0 Å². The van der Waals surface area contributed by atoms with Crippen molar-refractivity contribution >= 4 is 5.69 Å². The maximum Gasteiger partial charge on any atom is 0.0319 e. The Labute approximate surface area is 67.7 Å². The Morgan fingerprint density at radius 3 is 1.64 bits per heavy atom. The first-order valence-electron chi connectivity index (χ1n) is 3.47. The summed E-state index contributed by atoms with van der Waals surface area (Å²) in [6.07, 6.45) is 0. The van der Waals surface area contributed by atoms with Crippen molar-refractivity contribution in [3.63, 3.8) is 0 Å². The highest BCUT2D eigenvalue weighted by Gasteiger charge is 1.87. The quantitative estimate of drug-likeness (QED) is 0.555. The minimum absolute atomic E-state index is 0.854. The minimum Gasteiger partial charge on any atom is -0.400 e. The van der Waals surface area contributed by atoms with Crippen LogP contribution < -0.4 is 5.73 Å². The minimum atomic E-state index is 0.854. The SMILES string of the molecule is CO.Cc1cc(C)cc(N)c1. The number of benzene rings is 1. The highest BCUT2D eigenvalue weighted by atomic mass is 16.2. The van der Waals surface area contributed by atoms with Crippen LogP contribution in [-0.2, 0) is 0 Å². The van der Waals surface area contributed by atoms with Gasteiger partial charge in [-0.05, 0) is 37.1 Å². The zero-order valence-corrected chi connectivity index (χ0v) is 7.26. The van der Waals surface area contributed by atoms with E-state index in [9.17, 15) is 0 Å². The van der Waals surface area contributed by atoms with Gasteiger partial charge in [-0.15, -0.1) is 0 Å². The number of aryl methyl sites for hydroxylation is 2. The zero-order valence-electron chi connectivity index (χ0n) is 7.26. The molecule has 0 aliphatic carbocycles. The molecule has 0 radical (unpaired) electrons. The van der Waals surface area contributed by atoms with Gasteiger partial charge in [0.2, 0.25) is 0 Å². The van der Waals surface area contributed by atoms with Crippen molar-refractivity contribution in [2.45, 2.75) is 13.8 Å². The molecule has 0 saturated carbocycles. The zero-order chi connectivity index (χ0) is 8.85. The molecular formula is C9H15NO. The van der Waals surface area contributed by atoms with Gasteiger partial charge in [0.05, 0.1) is 0 Å². The molecular weight excluding hydrogens is 138 g/mol. The fourth-order valence-electron chi connectivity index (χ4n) is 1.01. The summed E-state index contributed by atoms with van der Waals surface area (Å²) in [5.41, 5.74) is 8.87. The smallest absolute Gasteiger partial charge is 0.0319 e. The summed E-state index contributed by atoms with van der Waals surface area (Å²) >= 11 is 0. The lowest BCUT2D eigenvalue weighted by atomic mass is 10.1. The topological polar surface area (TPSA) is 46.2 Å². The first kappa shape index (κ1) is 9.98. The molecule has 0 bridgehead atoms. The van der Waals surface area contributed by atoms with Crippen molar-refractivity contribution in [1.82, 2.24) is 0 Å². The summed E-state index contributed by atoms with van der Waals surface area (Å²) < 4.78 is 0. The first-order chi connectivity index (χ1) is 5.18. The van der Waals surface area contributed by atoms with Crippen LogP contribution in [0.25, 0.3) is 0 Å². The average molecular weight is 153 g/mol. The van der Waals surface area contributed by atoms with Crippen LogP contribution in [0.2, 0.25) is 0 Å². The number of nitrogens with two attached hydrogens (primary N) is 1. The summed E-state index contributed by atoms with van der Waals surface area (Å²) in [5, 5.41) is 7.00. The molecule has 0 aliphatic heterocycles. The molecule has 2 heteroatoms. The molecule has 3 N–H and O–H groups in total. The molecule has 0 aromatic heterocycles. The molecule has 0 amide bonds. The van der Waals surface area contributed by atoms with E-state index in [0.717, 1.165) is 12.8 Å². The number of hydrogen-bond donors (Lipinski definition) is 2. The standard InChI is InChI=1S/C8H11N.CH4O/c1-6-3-7(2)5-8(9)4-6;1-2/h3-5H,9H2,1-2H3;2H,1H3. The van der Waals surface area contributed by atoms with E-state index in [1.165, 1.54) is 11.1 Å². The second kappa shape index (κ2) is 4.74. The van der Waals surface area contributed by atoms with Crippen molar-refractivity contribution in [3.05, 3.63) is 29.3 Å². The Balaban J connectivity index is 0.000000461. The fourth-order valence-corrected chi connectivity index (χ4v) is 1.01. The van der Waals surface area contributed by atoms with E-state index in [1.807, 2.05) is 26.0 Å². The molecule has 62 valence electrons. The lowest BCUT2D eigenvalue weighted by Crippen LogP contribution is -1.86. The van der Waals surface area contributed by atoms with Gasteiger partial charge in [-0.1, -0.05) is 6.07 Å². The Hall–Kier alpha value is -1.02. The summed E-state index contributed by atoms with van der Waals surface area (Å²) in [5.74, 6) is 0. The molecule has 2 nitrogen and oxygen atoms in total. The summed E-state index contributed by atoms with van der Waals surface area (Å²) in [6.45, 7) is 4.09. The van der Waals surface area contributed by atoms with Gasteiger partial charge in [-0.2, -0.15) is 0 Å². The summed E-state index contributed by atoms with van der Waals surface area (Å²) in [4.78, 5) is 0. The maximum absolute atomic E-state index is 7.00. The molecule has 11 heavy (non-hydrogen) atoms. The second-order valence-corrected chi connectivity index (χ2v) is 2.42. The lowest BCUT2D eigenvalue weighted by molar-refractivity contribution is 0.399. The van der Waals surface area contributed by atoms with Crippen molar-refractivity contribution in [2.24, 2.45) is 0 Å². The molecule has 0 fully saturated rings. The molecule has 1 rings (SSSR count). The van der Waals surface area contributed by atoms with Gasteiger partial charge >= 0.3 is 0 Å². The predicted octanol–water partition coefficient (Wildman–Crippen LogP) is 1.49. The average Bonchev–Trinajstić information content (AvgIpc) is 1.88. The number of aliphatic hydroxyl groups is 1. The summed E-state index contributed by atoms with van der Waals surface area (Å²) in [6, 6.07) is 6.04. The third-order valence-corrected chi connectivity index (χ3v) is 1.24. The molecule has 0 aliphatic rings. The molecule has 0 heterocycles. The molecule has 0 spiro atoms. The number of aliphatic hydroxyl groups excluding tert-OH is 1. The predicted molar refractivity (Wildman–Crippen MR) is 48.5 cm³/mol. The van der Waals surface area contributed by atoms with Gasteiger partial charge in [0.25, 0.3) is 0 Å². The number of nitrogen functional groups attached to an aromatic ring is 1. The Morgan fingerprint density at radius 2 is 1.36 bits per heavy atom. The van der Waals surface area contributed by atoms with Crippen LogP contribution in [0.15, 0.2) is 18.2 Å². The van der Waals surface area contributed by atoms with Crippen LogP contribution in [0, 0.1) is 13.8 Å². The van der Waals surface area contributed by atoms with Crippen molar-refractivity contribution in [1.29, 1.82) is 0 Å². The number of anilines is 1. The molecule has 1 aromatic rings. The Morgan fingerprint density at radius 1 is 1.00 bits per heavy atom. The van der Waals surface area contributed by atoms with Crippen LogP contribution in [0.3, 0.4) is 0 Å². The highest BCUT2D eigenvalue weighted by Crippen LogP contribution is 2.08. The van der Waals surface area contributed by atoms with Crippen LogP contribution in [0.5, 0.6) is 0 Å². The van der Waals surface area contributed by atoms with E-state index in [1.54, 1.807) is 0 Å². The third-order valence-electron chi connectivity index (χ3n) is 1.24. The van der Waals surface area contributed by atoms with Gasteiger partial charge < -0.3 is 10.8 Å². The molecule has 1 aromatic carbocycles. The second-order valence-electron chi connectivity index (χ2n) is 2.42. The van der Waals surface area contributed by atoms with Gasteiger partial charge in [0.15, 0.2) is 0 Å². The maximum atomic E-state index is 7.00. The van der Waals surface area contributed by atoms with Gasteiger partial charge in [-0.3, -0.25) is 0 Å². The Kier molecular flexibility index (Phi) is 4.30. The van der Waals surface area contributed by atoms with Crippen LogP contribution in [0.4, 0.5) is 5.69 Å². The monoisotopic (exact) mass is 153 g/mol. The van der Waals surface area contributed by atoms with E-state index in [0.29, 0.717) is 0 Å². The van der Waals surface area contributed by atoms with Crippen LogP contribution in [0.1, 0.15) is 11.1 Å². The largest absolute Gasteiger partial charge is 0.400 e. The van der Waals surface area contributed by atoms with Crippen LogP contribution in [-0.4, -0.2) is 12.2 Å². The van der Waals surface area contributed by atoms with Gasteiger partial charge in [0, 0.05) is 12.8 Å². The third kappa shape index (κ3) is 3.63. The normalized spacial score (nSPS) is 8.36. The van der Waals surface area contributed by atoms with Gasteiger partial charge in [-0.25, -0.2) is 0 Å². The van der Waals surface area contributed by atoms with Crippen LogP contribution >= 0.6 is 0 Å². The molecule has 0 atom stereocenters. The lowest BCUT2D eigenvalue weighted by Gasteiger charge is -1.97. The van der Waals surface area contributed by atoms with Crippen molar-refractivity contribution in [3.8, 4) is 0 Å². The number of hydrogen-bond acceptors (Lipinski definition) is 2. The van der Waals surface area contributed by atoms with Crippen molar-refractivity contribution < 1.29 is 5.11 Å². The molecule has 0 saturated heterocycles. The van der Waals surface area contributed by atoms with E-state index >= 15 is 0 Å². The Bertz CT molecular complexity index is 170. The van der Waals surface area contributed by atoms with E-state index in [4.69, 9.17) is 10.8 Å². The fraction of sp³-hybridized carbons (Fsp3) is 0.333. The summed E-state index contributed by atoms with van der Waals surface area (Å²) in [7, 11) is 1.00. The first-order valence-corrected chi connectivity index (χ1v) is 3.47.